The fourth-order valence-corrected chi connectivity index (χ4v) is 2.23. The predicted molar refractivity (Wildman–Crippen MR) is 74.7 cm³/mol. The number of hydrogen-bond acceptors (Lipinski definition) is 4. The van der Waals surface area contributed by atoms with Crippen molar-refractivity contribution in [3.8, 4) is 0 Å². The Balaban J connectivity index is 2.49. The molecule has 6 heteroatoms. The Hall–Kier alpha value is -2.21. The Kier molecular flexibility index (Phi) is 3.91. The van der Waals surface area contributed by atoms with Crippen LogP contribution in [0.5, 0.6) is 0 Å². The summed E-state index contributed by atoms with van der Waals surface area (Å²) in [6.07, 6.45) is 0. The fraction of sp³-hybridized carbons (Fsp3) is 0. The number of nitro groups is 1. The number of nitro benzene ring substituents is 1. The van der Waals surface area contributed by atoms with Crippen LogP contribution in [0.2, 0.25) is 0 Å². The van der Waals surface area contributed by atoms with Crippen molar-refractivity contribution in [2.75, 3.05) is 0 Å². The zero-order valence-corrected chi connectivity index (χ0v) is 11.2. The molecule has 0 aliphatic rings. The number of non-ortho nitro benzene ring substituents is 1. The summed E-state index contributed by atoms with van der Waals surface area (Å²) in [6, 6.07) is 13.4. The van der Waals surface area contributed by atoms with Crippen LogP contribution in [0.25, 0.3) is 0 Å². The van der Waals surface area contributed by atoms with E-state index in [9.17, 15) is 10.1 Å². The Morgan fingerprint density at radius 2 is 1.89 bits per heavy atom. The number of nitrogens with zero attached hydrogens (tertiary/aromatic N) is 2. The number of hydrogen-bond donors (Lipinski definition) is 1. The molecule has 2 aromatic rings. The molecule has 0 heterocycles. The van der Waals surface area contributed by atoms with Gasteiger partial charge in [-0.15, -0.1) is 0 Å². The Labute approximate surface area is 117 Å². The summed E-state index contributed by atoms with van der Waals surface area (Å²) in [7, 11) is 0. The van der Waals surface area contributed by atoms with Crippen molar-refractivity contribution in [2.24, 2.45) is 5.16 Å². The molecule has 1 N–H and O–H groups in total. The molecule has 0 amide bonds. The lowest BCUT2D eigenvalue weighted by Crippen LogP contribution is -2.04. The van der Waals surface area contributed by atoms with Crippen molar-refractivity contribution >= 4 is 27.3 Å². The average Bonchev–Trinajstić information content (AvgIpc) is 2.42. The van der Waals surface area contributed by atoms with Gasteiger partial charge in [0, 0.05) is 27.7 Å². The van der Waals surface area contributed by atoms with Gasteiger partial charge in [0.25, 0.3) is 5.69 Å². The van der Waals surface area contributed by atoms with Crippen molar-refractivity contribution in [3.05, 3.63) is 74.2 Å². The zero-order valence-electron chi connectivity index (χ0n) is 9.65. The molecule has 0 saturated heterocycles. The molecule has 0 atom stereocenters. The van der Waals surface area contributed by atoms with Crippen LogP contribution in [0.1, 0.15) is 11.1 Å². The number of halogens is 1. The SMILES string of the molecule is O=[N+]([O-])c1ccc(/C(=N\O)c2ccccc2)c(Br)c1. The van der Waals surface area contributed by atoms with Gasteiger partial charge in [-0.25, -0.2) is 0 Å². The molecular weight excluding hydrogens is 312 g/mol. The topological polar surface area (TPSA) is 75.7 Å². The van der Waals surface area contributed by atoms with Gasteiger partial charge in [0.15, 0.2) is 0 Å². The van der Waals surface area contributed by atoms with Crippen LogP contribution in [0.15, 0.2) is 58.2 Å². The maximum atomic E-state index is 10.7. The highest BCUT2D eigenvalue weighted by Crippen LogP contribution is 2.25. The summed E-state index contributed by atoms with van der Waals surface area (Å²) in [6.45, 7) is 0. The highest BCUT2D eigenvalue weighted by atomic mass is 79.9. The largest absolute Gasteiger partial charge is 0.410 e. The summed E-state index contributed by atoms with van der Waals surface area (Å²) in [4.78, 5) is 10.2. The lowest BCUT2D eigenvalue weighted by molar-refractivity contribution is -0.384. The van der Waals surface area contributed by atoms with Crippen LogP contribution in [-0.4, -0.2) is 15.8 Å². The summed E-state index contributed by atoms with van der Waals surface area (Å²) in [5.41, 5.74) is 1.63. The maximum absolute atomic E-state index is 10.7. The first-order chi connectivity index (χ1) is 9.13. The normalized spacial score (nSPS) is 11.3. The first kappa shape index (κ1) is 13.2. The van der Waals surface area contributed by atoms with E-state index in [1.165, 1.54) is 12.1 Å². The quantitative estimate of drug-likeness (QED) is 0.406. The second-order valence-electron chi connectivity index (χ2n) is 3.74. The molecule has 0 spiro atoms. The van der Waals surface area contributed by atoms with Gasteiger partial charge in [0.05, 0.1) is 4.92 Å². The van der Waals surface area contributed by atoms with E-state index < -0.39 is 4.92 Å². The lowest BCUT2D eigenvalue weighted by Gasteiger charge is -2.07. The second-order valence-corrected chi connectivity index (χ2v) is 4.59. The summed E-state index contributed by atoms with van der Waals surface area (Å²) < 4.78 is 0.498. The van der Waals surface area contributed by atoms with Gasteiger partial charge in [-0.1, -0.05) is 35.5 Å². The van der Waals surface area contributed by atoms with E-state index in [0.29, 0.717) is 15.7 Å². The summed E-state index contributed by atoms with van der Waals surface area (Å²) >= 11 is 3.26. The van der Waals surface area contributed by atoms with Gasteiger partial charge in [-0.2, -0.15) is 0 Å². The zero-order chi connectivity index (χ0) is 13.8. The van der Waals surface area contributed by atoms with E-state index in [4.69, 9.17) is 5.21 Å². The predicted octanol–water partition coefficient (Wildman–Crippen LogP) is 3.58. The van der Waals surface area contributed by atoms with Crippen LogP contribution in [0.4, 0.5) is 5.69 Å². The van der Waals surface area contributed by atoms with Gasteiger partial charge >= 0.3 is 0 Å². The van der Waals surface area contributed by atoms with E-state index in [1.54, 1.807) is 18.2 Å². The molecular formula is C13H9BrN2O3. The molecule has 0 aliphatic heterocycles. The summed E-state index contributed by atoms with van der Waals surface area (Å²) in [5.74, 6) is 0. The third-order valence-corrected chi connectivity index (χ3v) is 3.22. The van der Waals surface area contributed by atoms with Crippen molar-refractivity contribution in [1.29, 1.82) is 0 Å². The molecule has 0 radical (unpaired) electrons. The second kappa shape index (κ2) is 5.62. The molecule has 5 nitrogen and oxygen atoms in total. The molecule has 0 fully saturated rings. The van der Waals surface area contributed by atoms with Crippen molar-refractivity contribution in [1.82, 2.24) is 0 Å². The van der Waals surface area contributed by atoms with E-state index in [0.717, 1.165) is 5.56 Å². The van der Waals surface area contributed by atoms with Crippen molar-refractivity contribution in [2.45, 2.75) is 0 Å². The van der Waals surface area contributed by atoms with Crippen LogP contribution < -0.4 is 0 Å². The maximum Gasteiger partial charge on any atom is 0.270 e. The standard InChI is InChI=1S/C13H9BrN2O3/c14-12-8-10(16(18)19)6-7-11(12)13(15-17)9-4-2-1-3-5-9/h1-8,17H/b15-13-. The first-order valence-corrected chi connectivity index (χ1v) is 6.14. The lowest BCUT2D eigenvalue weighted by atomic mass is 10.0. The number of oxime groups is 1. The molecule has 0 unspecified atom stereocenters. The molecule has 96 valence electrons. The molecule has 0 bridgehead atoms. The number of rotatable bonds is 3. The Morgan fingerprint density at radius 1 is 1.21 bits per heavy atom. The minimum atomic E-state index is -0.479. The monoisotopic (exact) mass is 320 g/mol. The van der Waals surface area contributed by atoms with Crippen molar-refractivity contribution in [3.63, 3.8) is 0 Å². The molecule has 2 rings (SSSR count). The van der Waals surface area contributed by atoms with Crippen LogP contribution in [-0.2, 0) is 0 Å². The molecule has 0 aliphatic carbocycles. The van der Waals surface area contributed by atoms with Crippen LogP contribution in [0.3, 0.4) is 0 Å². The van der Waals surface area contributed by atoms with E-state index in [1.807, 2.05) is 18.2 Å². The third-order valence-electron chi connectivity index (χ3n) is 2.57. The van der Waals surface area contributed by atoms with Gasteiger partial charge in [0.2, 0.25) is 0 Å². The molecule has 0 saturated carbocycles. The Bertz CT molecular complexity index is 642. The third kappa shape index (κ3) is 2.79. The summed E-state index contributed by atoms with van der Waals surface area (Å²) in [5, 5.41) is 23.1. The van der Waals surface area contributed by atoms with Gasteiger partial charge < -0.3 is 5.21 Å². The van der Waals surface area contributed by atoms with Gasteiger partial charge in [-0.05, 0) is 22.0 Å². The molecule has 19 heavy (non-hydrogen) atoms. The van der Waals surface area contributed by atoms with E-state index in [-0.39, 0.29) is 5.69 Å². The highest BCUT2D eigenvalue weighted by Gasteiger charge is 2.14. The highest BCUT2D eigenvalue weighted by molar-refractivity contribution is 9.10. The smallest absolute Gasteiger partial charge is 0.270 e. The molecule has 0 aromatic heterocycles. The minimum absolute atomic E-state index is 0.0269. The minimum Gasteiger partial charge on any atom is -0.410 e. The van der Waals surface area contributed by atoms with Crippen LogP contribution in [0, 0.1) is 10.1 Å². The van der Waals surface area contributed by atoms with E-state index in [2.05, 4.69) is 21.1 Å². The number of benzene rings is 2. The molecule has 2 aromatic carbocycles. The van der Waals surface area contributed by atoms with Gasteiger partial charge in [-0.3, -0.25) is 10.1 Å². The average molecular weight is 321 g/mol. The fourth-order valence-electron chi connectivity index (χ4n) is 1.67. The first-order valence-electron chi connectivity index (χ1n) is 5.35. The van der Waals surface area contributed by atoms with Crippen molar-refractivity contribution < 1.29 is 10.1 Å². The Morgan fingerprint density at radius 3 is 2.42 bits per heavy atom. The van der Waals surface area contributed by atoms with E-state index >= 15 is 0 Å². The van der Waals surface area contributed by atoms with Gasteiger partial charge in [0.1, 0.15) is 5.71 Å². The van der Waals surface area contributed by atoms with Crippen LogP contribution >= 0.6 is 15.9 Å².